The monoisotopic (exact) mass is 238 g/mol. The van der Waals surface area contributed by atoms with Crippen LogP contribution in [0.5, 0.6) is 0 Å². The molecule has 5 heteroatoms. The summed E-state index contributed by atoms with van der Waals surface area (Å²) in [5.41, 5.74) is 3.76. The highest BCUT2D eigenvalue weighted by atomic mass is 32.2. The summed E-state index contributed by atoms with van der Waals surface area (Å²) >= 11 is 1.85. The van der Waals surface area contributed by atoms with Crippen molar-refractivity contribution in [2.75, 3.05) is 5.43 Å². The maximum atomic E-state index is 5.42. The molecular formula is C11H18N4S. The molecule has 0 atom stereocenters. The standard InChI is InChI=1S/C11H18N4S/c1-7(2)16-6-11-13-9(8-3-4-8)5-10(14-11)15-12/h5,7-8H,3-4,6,12H2,1-2H3,(H,13,14,15). The highest BCUT2D eigenvalue weighted by molar-refractivity contribution is 7.99. The lowest BCUT2D eigenvalue weighted by molar-refractivity contribution is 0.928. The lowest BCUT2D eigenvalue weighted by atomic mass is 10.3. The van der Waals surface area contributed by atoms with E-state index in [1.807, 2.05) is 17.8 Å². The number of anilines is 1. The summed E-state index contributed by atoms with van der Waals surface area (Å²) < 4.78 is 0. The van der Waals surface area contributed by atoms with Gasteiger partial charge in [0.1, 0.15) is 11.6 Å². The van der Waals surface area contributed by atoms with Gasteiger partial charge in [-0.15, -0.1) is 0 Å². The second kappa shape index (κ2) is 5.01. The molecule has 1 heterocycles. The van der Waals surface area contributed by atoms with Crippen LogP contribution in [0.25, 0.3) is 0 Å². The van der Waals surface area contributed by atoms with Crippen molar-refractivity contribution in [3.63, 3.8) is 0 Å². The number of nitrogen functional groups attached to an aromatic ring is 1. The van der Waals surface area contributed by atoms with E-state index in [-0.39, 0.29) is 0 Å². The zero-order chi connectivity index (χ0) is 11.5. The quantitative estimate of drug-likeness (QED) is 0.608. The maximum Gasteiger partial charge on any atom is 0.143 e. The van der Waals surface area contributed by atoms with Gasteiger partial charge in [0, 0.05) is 17.7 Å². The molecule has 3 N–H and O–H groups in total. The summed E-state index contributed by atoms with van der Waals surface area (Å²) in [6, 6.07) is 1.96. The first-order chi connectivity index (χ1) is 7.69. The Morgan fingerprint density at radius 1 is 1.50 bits per heavy atom. The zero-order valence-electron chi connectivity index (χ0n) is 9.73. The van der Waals surface area contributed by atoms with Gasteiger partial charge in [0.05, 0.1) is 5.75 Å². The number of nitrogens with two attached hydrogens (primary N) is 1. The van der Waals surface area contributed by atoms with Gasteiger partial charge >= 0.3 is 0 Å². The number of nitrogens with one attached hydrogen (secondary N) is 1. The van der Waals surface area contributed by atoms with E-state index in [0.29, 0.717) is 11.2 Å². The first kappa shape index (κ1) is 11.7. The highest BCUT2D eigenvalue weighted by Gasteiger charge is 2.26. The molecule has 1 fully saturated rings. The summed E-state index contributed by atoms with van der Waals surface area (Å²) in [6.07, 6.45) is 2.50. The Labute approximate surface area is 100 Å². The molecule has 0 radical (unpaired) electrons. The number of nitrogens with zero attached hydrogens (tertiary/aromatic N) is 2. The second-order valence-electron chi connectivity index (χ2n) is 4.37. The molecule has 4 nitrogen and oxygen atoms in total. The smallest absolute Gasteiger partial charge is 0.143 e. The molecule has 88 valence electrons. The van der Waals surface area contributed by atoms with Crippen molar-refractivity contribution >= 4 is 17.6 Å². The number of thioether (sulfide) groups is 1. The van der Waals surface area contributed by atoms with Crippen LogP contribution in [-0.4, -0.2) is 15.2 Å². The Balaban J connectivity index is 2.12. The van der Waals surface area contributed by atoms with Gasteiger partial charge < -0.3 is 5.43 Å². The average Bonchev–Trinajstić information content (AvgIpc) is 3.09. The van der Waals surface area contributed by atoms with Gasteiger partial charge in [-0.1, -0.05) is 13.8 Å². The summed E-state index contributed by atoms with van der Waals surface area (Å²) in [5, 5.41) is 0.600. The van der Waals surface area contributed by atoms with Gasteiger partial charge in [0.2, 0.25) is 0 Å². The Bertz CT molecular complexity index is 363. The number of hydrogen-bond donors (Lipinski definition) is 2. The van der Waals surface area contributed by atoms with Crippen molar-refractivity contribution in [3.8, 4) is 0 Å². The summed E-state index contributed by atoms with van der Waals surface area (Å²) in [4.78, 5) is 8.95. The van der Waals surface area contributed by atoms with E-state index < -0.39 is 0 Å². The van der Waals surface area contributed by atoms with Crippen molar-refractivity contribution in [2.45, 2.75) is 43.6 Å². The second-order valence-corrected chi connectivity index (χ2v) is 5.94. The van der Waals surface area contributed by atoms with Crippen molar-refractivity contribution in [3.05, 3.63) is 17.6 Å². The van der Waals surface area contributed by atoms with Crippen LogP contribution in [0.4, 0.5) is 5.82 Å². The first-order valence-corrected chi connectivity index (χ1v) is 6.70. The van der Waals surface area contributed by atoms with Crippen LogP contribution in [0.15, 0.2) is 6.07 Å². The minimum absolute atomic E-state index is 0.600. The number of hydrazine groups is 1. The van der Waals surface area contributed by atoms with E-state index in [4.69, 9.17) is 5.84 Å². The Kier molecular flexibility index (Phi) is 3.66. The maximum absolute atomic E-state index is 5.42. The summed E-state index contributed by atoms with van der Waals surface area (Å²) in [7, 11) is 0. The van der Waals surface area contributed by atoms with Gasteiger partial charge in [-0.2, -0.15) is 11.8 Å². The van der Waals surface area contributed by atoms with Crippen LogP contribution in [0.2, 0.25) is 0 Å². The molecule has 0 bridgehead atoms. The minimum Gasteiger partial charge on any atom is -0.308 e. The molecule has 1 saturated carbocycles. The molecule has 0 unspecified atom stereocenters. The van der Waals surface area contributed by atoms with Crippen molar-refractivity contribution in [2.24, 2.45) is 5.84 Å². The molecule has 1 aromatic heterocycles. The van der Waals surface area contributed by atoms with Crippen LogP contribution in [-0.2, 0) is 5.75 Å². The molecule has 0 spiro atoms. The van der Waals surface area contributed by atoms with E-state index >= 15 is 0 Å². The topological polar surface area (TPSA) is 63.8 Å². The third kappa shape index (κ3) is 3.09. The van der Waals surface area contributed by atoms with Gasteiger partial charge in [-0.3, -0.25) is 0 Å². The third-order valence-corrected chi connectivity index (χ3v) is 3.57. The average molecular weight is 238 g/mol. The Morgan fingerprint density at radius 3 is 2.81 bits per heavy atom. The zero-order valence-corrected chi connectivity index (χ0v) is 10.5. The van der Waals surface area contributed by atoms with Crippen LogP contribution in [0.1, 0.15) is 44.1 Å². The largest absolute Gasteiger partial charge is 0.308 e. The summed E-state index contributed by atoms with van der Waals surface area (Å²) in [6.45, 7) is 4.36. The molecule has 1 aliphatic rings. The number of hydrogen-bond acceptors (Lipinski definition) is 5. The van der Waals surface area contributed by atoms with Crippen LogP contribution in [0.3, 0.4) is 0 Å². The Morgan fingerprint density at radius 2 is 2.25 bits per heavy atom. The molecular weight excluding hydrogens is 220 g/mol. The van der Waals surface area contributed by atoms with E-state index in [1.54, 1.807) is 0 Å². The Hall–Kier alpha value is -0.810. The van der Waals surface area contributed by atoms with Crippen LogP contribution >= 0.6 is 11.8 Å². The van der Waals surface area contributed by atoms with Gasteiger partial charge in [0.25, 0.3) is 0 Å². The minimum atomic E-state index is 0.600. The highest BCUT2D eigenvalue weighted by Crippen LogP contribution is 2.39. The molecule has 16 heavy (non-hydrogen) atoms. The third-order valence-electron chi connectivity index (χ3n) is 2.48. The van der Waals surface area contributed by atoms with E-state index in [1.165, 1.54) is 12.8 Å². The fourth-order valence-electron chi connectivity index (χ4n) is 1.49. The predicted molar refractivity (Wildman–Crippen MR) is 68.2 cm³/mol. The lowest BCUT2D eigenvalue weighted by Gasteiger charge is -2.08. The van der Waals surface area contributed by atoms with Gasteiger partial charge in [-0.25, -0.2) is 15.8 Å². The summed E-state index contributed by atoms with van der Waals surface area (Å²) in [5.74, 6) is 8.53. The number of rotatable bonds is 5. The number of aromatic nitrogens is 2. The first-order valence-electron chi connectivity index (χ1n) is 5.65. The molecule has 2 rings (SSSR count). The van der Waals surface area contributed by atoms with E-state index in [0.717, 1.165) is 23.1 Å². The molecule has 0 aromatic carbocycles. The van der Waals surface area contributed by atoms with E-state index in [2.05, 4.69) is 29.2 Å². The van der Waals surface area contributed by atoms with Gasteiger partial charge in [0.15, 0.2) is 0 Å². The van der Waals surface area contributed by atoms with E-state index in [9.17, 15) is 0 Å². The van der Waals surface area contributed by atoms with Crippen molar-refractivity contribution in [1.29, 1.82) is 0 Å². The SMILES string of the molecule is CC(C)SCc1nc(NN)cc(C2CC2)n1. The molecule has 1 aromatic rings. The molecule has 0 saturated heterocycles. The van der Waals surface area contributed by atoms with Crippen LogP contribution in [0, 0.1) is 0 Å². The molecule has 0 amide bonds. The molecule has 1 aliphatic carbocycles. The fraction of sp³-hybridized carbons (Fsp3) is 0.636. The lowest BCUT2D eigenvalue weighted by Crippen LogP contribution is -2.11. The van der Waals surface area contributed by atoms with Gasteiger partial charge in [-0.05, 0) is 18.1 Å². The van der Waals surface area contributed by atoms with Crippen molar-refractivity contribution < 1.29 is 0 Å². The van der Waals surface area contributed by atoms with Crippen LogP contribution < -0.4 is 11.3 Å². The predicted octanol–water partition coefficient (Wildman–Crippen LogP) is 2.28. The fourth-order valence-corrected chi connectivity index (χ4v) is 2.10. The normalized spacial score (nSPS) is 15.5. The van der Waals surface area contributed by atoms with Crippen molar-refractivity contribution in [1.82, 2.24) is 9.97 Å². The molecule has 0 aliphatic heterocycles.